The van der Waals surface area contributed by atoms with Crippen LogP contribution in [-0.2, 0) is 14.3 Å². The number of rotatable bonds is 5. The normalized spacial score (nSPS) is 20.7. The summed E-state index contributed by atoms with van der Waals surface area (Å²) in [6.45, 7) is 2.85. The van der Waals surface area contributed by atoms with Crippen molar-refractivity contribution in [3.8, 4) is 0 Å². The van der Waals surface area contributed by atoms with Gasteiger partial charge < -0.3 is 9.47 Å². The van der Waals surface area contributed by atoms with Crippen LogP contribution in [0.2, 0.25) is 0 Å². The molecule has 1 unspecified atom stereocenters. The van der Waals surface area contributed by atoms with Crippen LogP contribution in [0, 0.1) is 0 Å². The van der Waals surface area contributed by atoms with Crippen LogP contribution in [0.3, 0.4) is 0 Å². The third-order valence-corrected chi connectivity index (χ3v) is 2.38. The van der Waals surface area contributed by atoms with Crippen LogP contribution in [0.5, 0.6) is 0 Å². The van der Waals surface area contributed by atoms with Gasteiger partial charge in [0.25, 0.3) is 0 Å². The van der Waals surface area contributed by atoms with E-state index in [0.29, 0.717) is 5.57 Å². The van der Waals surface area contributed by atoms with Gasteiger partial charge in [0.1, 0.15) is 0 Å². The Morgan fingerprint density at radius 1 is 1.64 bits per heavy atom. The van der Waals surface area contributed by atoms with Crippen molar-refractivity contribution in [1.29, 1.82) is 0 Å². The molecule has 0 fully saturated rings. The quantitative estimate of drug-likeness (QED) is 0.501. The minimum atomic E-state index is -0.246. The molecular formula is C11H18O3. The minimum Gasteiger partial charge on any atom is -0.466 e. The fourth-order valence-electron chi connectivity index (χ4n) is 1.55. The maximum atomic E-state index is 11.3. The number of allylic oxidation sites excluding steroid dienone is 1. The van der Waals surface area contributed by atoms with Crippen molar-refractivity contribution < 1.29 is 14.3 Å². The largest absolute Gasteiger partial charge is 0.466 e. The Morgan fingerprint density at radius 3 is 3.07 bits per heavy atom. The monoisotopic (exact) mass is 198 g/mol. The highest BCUT2D eigenvalue weighted by atomic mass is 16.5. The molecule has 0 aliphatic heterocycles. The van der Waals surface area contributed by atoms with Crippen molar-refractivity contribution in [3.05, 3.63) is 11.6 Å². The molecule has 0 spiro atoms. The number of esters is 1. The highest BCUT2D eigenvalue weighted by molar-refractivity contribution is 5.90. The molecule has 0 N–H and O–H groups in total. The second kappa shape index (κ2) is 5.81. The first-order valence-corrected chi connectivity index (χ1v) is 5.19. The second-order valence-corrected chi connectivity index (χ2v) is 3.44. The molecule has 0 saturated carbocycles. The molecule has 0 aromatic rings. The van der Waals surface area contributed by atoms with Crippen molar-refractivity contribution in [2.24, 2.45) is 0 Å². The third kappa shape index (κ3) is 2.84. The molecular weight excluding hydrogens is 180 g/mol. The number of carbonyl (C=O) groups is 1. The fraction of sp³-hybridized carbons (Fsp3) is 0.727. The Kier molecular flexibility index (Phi) is 4.66. The molecule has 0 aromatic carbocycles. The molecule has 0 bridgehead atoms. The predicted molar refractivity (Wildman–Crippen MR) is 54.0 cm³/mol. The Bertz CT molecular complexity index is 221. The number of carbonyl (C=O) groups excluding carboxylic acids is 1. The summed E-state index contributed by atoms with van der Waals surface area (Å²) in [5.74, 6) is -0.246. The van der Waals surface area contributed by atoms with Gasteiger partial charge in [-0.25, -0.2) is 4.79 Å². The van der Waals surface area contributed by atoms with Gasteiger partial charge in [0.2, 0.25) is 0 Å². The summed E-state index contributed by atoms with van der Waals surface area (Å²) in [7, 11) is 1.41. The van der Waals surface area contributed by atoms with Crippen LogP contribution in [0.15, 0.2) is 11.6 Å². The Morgan fingerprint density at radius 2 is 2.43 bits per heavy atom. The summed E-state index contributed by atoms with van der Waals surface area (Å²) in [6.07, 6.45) is 5.88. The maximum Gasteiger partial charge on any atom is 0.336 e. The molecule has 0 amide bonds. The number of ether oxygens (including phenoxy) is 2. The van der Waals surface area contributed by atoms with Gasteiger partial charge in [-0.3, -0.25) is 0 Å². The van der Waals surface area contributed by atoms with E-state index in [0.717, 1.165) is 32.3 Å². The van der Waals surface area contributed by atoms with E-state index in [1.165, 1.54) is 7.11 Å². The van der Waals surface area contributed by atoms with Crippen LogP contribution in [0.1, 0.15) is 32.6 Å². The topological polar surface area (TPSA) is 35.5 Å². The van der Waals surface area contributed by atoms with Gasteiger partial charge in [0, 0.05) is 6.61 Å². The van der Waals surface area contributed by atoms with E-state index in [9.17, 15) is 4.79 Å². The van der Waals surface area contributed by atoms with Gasteiger partial charge in [0.05, 0.1) is 18.8 Å². The first kappa shape index (κ1) is 11.2. The van der Waals surface area contributed by atoms with Crippen LogP contribution in [-0.4, -0.2) is 25.8 Å². The van der Waals surface area contributed by atoms with E-state index in [4.69, 9.17) is 4.74 Å². The van der Waals surface area contributed by atoms with Crippen molar-refractivity contribution in [2.75, 3.05) is 13.7 Å². The van der Waals surface area contributed by atoms with Gasteiger partial charge >= 0.3 is 5.97 Å². The molecule has 1 aliphatic carbocycles. The molecule has 1 atom stereocenters. The van der Waals surface area contributed by atoms with Crippen molar-refractivity contribution >= 4 is 5.97 Å². The lowest BCUT2D eigenvalue weighted by Gasteiger charge is -2.14. The summed E-state index contributed by atoms with van der Waals surface area (Å²) in [5.41, 5.74) is 0.698. The lowest BCUT2D eigenvalue weighted by atomic mass is 10.2. The molecule has 3 heteroatoms. The van der Waals surface area contributed by atoms with E-state index in [-0.39, 0.29) is 12.1 Å². The lowest BCUT2D eigenvalue weighted by Crippen LogP contribution is -2.19. The van der Waals surface area contributed by atoms with Crippen LogP contribution < -0.4 is 0 Å². The van der Waals surface area contributed by atoms with Crippen molar-refractivity contribution in [1.82, 2.24) is 0 Å². The lowest BCUT2D eigenvalue weighted by molar-refractivity contribution is -0.137. The van der Waals surface area contributed by atoms with Gasteiger partial charge in [-0.1, -0.05) is 19.4 Å². The summed E-state index contributed by atoms with van der Waals surface area (Å²) in [4.78, 5) is 11.3. The van der Waals surface area contributed by atoms with Gasteiger partial charge in [-0.15, -0.1) is 0 Å². The zero-order valence-electron chi connectivity index (χ0n) is 8.91. The molecule has 0 heterocycles. The summed E-state index contributed by atoms with van der Waals surface area (Å²) in [6, 6.07) is 0. The van der Waals surface area contributed by atoms with Crippen LogP contribution >= 0.6 is 0 Å². The smallest absolute Gasteiger partial charge is 0.336 e. The second-order valence-electron chi connectivity index (χ2n) is 3.44. The number of unbranched alkanes of at least 4 members (excludes halogenated alkanes) is 1. The predicted octanol–water partition coefficient (Wildman–Crippen LogP) is 2.06. The van der Waals surface area contributed by atoms with Crippen molar-refractivity contribution in [2.45, 2.75) is 38.7 Å². The van der Waals surface area contributed by atoms with Gasteiger partial charge in [0.15, 0.2) is 0 Å². The molecule has 1 aliphatic rings. The van der Waals surface area contributed by atoms with Crippen LogP contribution in [0.4, 0.5) is 0 Å². The van der Waals surface area contributed by atoms with E-state index >= 15 is 0 Å². The highest BCUT2D eigenvalue weighted by Gasteiger charge is 2.25. The minimum absolute atomic E-state index is 0.0333. The zero-order chi connectivity index (χ0) is 10.4. The van der Waals surface area contributed by atoms with E-state index < -0.39 is 0 Å². The summed E-state index contributed by atoms with van der Waals surface area (Å²) >= 11 is 0. The molecule has 3 nitrogen and oxygen atoms in total. The third-order valence-electron chi connectivity index (χ3n) is 2.38. The van der Waals surface area contributed by atoms with Gasteiger partial charge in [-0.05, 0) is 19.3 Å². The summed E-state index contributed by atoms with van der Waals surface area (Å²) < 4.78 is 10.3. The Balaban J connectivity index is 2.38. The van der Waals surface area contributed by atoms with Crippen molar-refractivity contribution in [3.63, 3.8) is 0 Å². The molecule has 0 aromatic heterocycles. The number of hydrogen-bond acceptors (Lipinski definition) is 3. The first-order valence-electron chi connectivity index (χ1n) is 5.19. The Labute approximate surface area is 85.1 Å². The standard InChI is InChI=1S/C11H18O3/c1-3-4-8-14-10-7-5-6-9(10)11(12)13-2/h6,10H,3-5,7-8H2,1-2H3. The van der Waals surface area contributed by atoms with Gasteiger partial charge in [-0.2, -0.15) is 0 Å². The number of methoxy groups -OCH3 is 1. The Hall–Kier alpha value is -0.830. The molecule has 14 heavy (non-hydrogen) atoms. The maximum absolute atomic E-state index is 11.3. The van der Waals surface area contributed by atoms with E-state index in [2.05, 4.69) is 11.7 Å². The highest BCUT2D eigenvalue weighted by Crippen LogP contribution is 2.23. The average Bonchev–Trinajstić information content (AvgIpc) is 2.65. The molecule has 1 rings (SSSR count). The van der Waals surface area contributed by atoms with E-state index in [1.807, 2.05) is 6.08 Å². The SMILES string of the molecule is CCCCOC1CCC=C1C(=O)OC. The first-order chi connectivity index (χ1) is 6.79. The zero-order valence-corrected chi connectivity index (χ0v) is 8.91. The molecule has 0 saturated heterocycles. The summed E-state index contributed by atoms with van der Waals surface area (Å²) in [5, 5.41) is 0. The van der Waals surface area contributed by atoms with E-state index in [1.54, 1.807) is 0 Å². The van der Waals surface area contributed by atoms with Crippen LogP contribution in [0.25, 0.3) is 0 Å². The number of hydrogen-bond donors (Lipinski definition) is 0. The molecule has 80 valence electrons. The molecule has 0 radical (unpaired) electrons. The fourth-order valence-corrected chi connectivity index (χ4v) is 1.55. The average molecular weight is 198 g/mol.